The van der Waals surface area contributed by atoms with Crippen molar-refractivity contribution in [2.24, 2.45) is 4.99 Å². The van der Waals surface area contributed by atoms with Crippen molar-refractivity contribution in [2.75, 3.05) is 12.8 Å². The monoisotopic (exact) mass is 234 g/mol. The van der Waals surface area contributed by atoms with Crippen LogP contribution in [0, 0.1) is 0 Å². The van der Waals surface area contributed by atoms with Crippen LogP contribution in [-0.2, 0) is 4.74 Å². The van der Waals surface area contributed by atoms with Gasteiger partial charge in [-0.25, -0.2) is 4.79 Å². The topological polar surface area (TPSA) is 84.9 Å². The van der Waals surface area contributed by atoms with Crippen molar-refractivity contribution in [3.8, 4) is 5.75 Å². The lowest BCUT2D eigenvalue weighted by molar-refractivity contribution is 0.0600. The molecule has 3 N–H and O–H groups in total. The Balaban J connectivity index is 2.34. The minimum Gasteiger partial charge on any atom is -0.506 e. The van der Waals surface area contributed by atoms with E-state index in [1.54, 1.807) is 12.3 Å². The standard InChI is InChI=1S/C12H14N2O3/c1-17-12(16)7-4-8(6-14-9-2-3-9)11(13)10(15)5-7/h4-6,9,15H,2-3,13H2,1H3. The van der Waals surface area contributed by atoms with Crippen LogP contribution in [0.3, 0.4) is 0 Å². The molecular weight excluding hydrogens is 220 g/mol. The van der Waals surface area contributed by atoms with Gasteiger partial charge in [0, 0.05) is 11.8 Å². The number of nitrogen functional groups attached to an aromatic ring is 1. The highest BCUT2D eigenvalue weighted by Gasteiger charge is 2.19. The summed E-state index contributed by atoms with van der Waals surface area (Å²) in [6.07, 6.45) is 3.76. The van der Waals surface area contributed by atoms with Crippen molar-refractivity contribution in [3.05, 3.63) is 23.3 Å². The van der Waals surface area contributed by atoms with Gasteiger partial charge in [0.1, 0.15) is 5.75 Å². The van der Waals surface area contributed by atoms with Crippen LogP contribution in [0.25, 0.3) is 0 Å². The van der Waals surface area contributed by atoms with Gasteiger partial charge in [0.05, 0.1) is 24.4 Å². The molecular formula is C12H14N2O3. The molecule has 0 aliphatic heterocycles. The highest BCUT2D eigenvalue weighted by Crippen LogP contribution is 2.27. The van der Waals surface area contributed by atoms with Gasteiger partial charge in [-0.15, -0.1) is 0 Å². The summed E-state index contributed by atoms with van der Waals surface area (Å²) in [5.41, 5.74) is 6.73. The summed E-state index contributed by atoms with van der Waals surface area (Å²) in [5.74, 6) is -0.647. The van der Waals surface area contributed by atoms with Crippen LogP contribution < -0.4 is 5.73 Å². The van der Waals surface area contributed by atoms with Crippen LogP contribution in [0.15, 0.2) is 17.1 Å². The number of phenols is 1. The third kappa shape index (κ3) is 2.55. The molecule has 5 heteroatoms. The quantitative estimate of drug-likeness (QED) is 0.358. The molecule has 0 radical (unpaired) electrons. The third-order valence-corrected chi connectivity index (χ3v) is 2.58. The van der Waals surface area contributed by atoms with Crippen molar-refractivity contribution in [1.29, 1.82) is 0 Å². The molecule has 0 bridgehead atoms. The Bertz CT molecular complexity index is 479. The van der Waals surface area contributed by atoms with Crippen molar-refractivity contribution in [3.63, 3.8) is 0 Å². The van der Waals surface area contributed by atoms with Crippen molar-refractivity contribution >= 4 is 17.9 Å². The predicted molar refractivity (Wildman–Crippen MR) is 64.5 cm³/mol. The number of aliphatic imine (C=N–C) groups is 1. The van der Waals surface area contributed by atoms with Gasteiger partial charge in [0.2, 0.25) is 0 Å². The second-order valence-corrected chi connectivity index (χ2v) is 4.00. The molecule has 1 aromatic rings. The first-order chi connectivity index (χ1) is 8.11. The number of anilines is 1. The number of rotatable bonds is 3. The van der Waals surface area contributed by atoms with Crippen LogP contribution in [-0.4, -0.2) is 30.4 Å². The van der Waals surface area contributed by atoms with Gasteiger partial charge in [-0.05, 0) is 25.0 Å². The Hall–Kier alpha value is -2.04. The fraction of sp³-hybridized carbons (Fsp3) is 0.333. The molecule has 0 spiro atoms. The number of carbonyl (C=O) groups is 1. The van der Waals surface area contributed by atoms with E-state index < -0.39 is 5.97 Å². The minimum atomic E-state index is -0.513. The smallest absolute Gasteiger partial charge is 0.338 e. The van der Waals surface area contributed by atoms with Gasteiger partial charge in [0.25, 0.3) is 0 Å². The molecule has 1 aromatic carbocycles. The number of aromatic hydroxyl groups is 1. The fourth-order valence-corrected chi connectivity index (χ4v) is 1.41. The Kier molecular flexibility index (Phi) is 2.99. The Morgan fingerprint density at radius 1 is 1.59 bits per heavy atom. The first-order valence-electron chi connectivity index (χ1n) is 5.36. The fourth-order valence-electron chi connectivity index (χ4n) is 1.41. The molecule has 1 saturated carbocycles. The van der Waals surface area contributed by atoms with E-state index in [1.165, 1.54) is 13.2 Å². The van der Waals surface area contributed by atoms with Crippen LogP contribution in [0.5, 0.6) is 5.75 Å². The molecule has 0 amide bonds. The van der Waals surface area contributed by atoms with E-state index in [-0.39, 0.29) is 17.0 Å². The van der Waals surface area contributed by atoms with Crippen LogP contribution in [0.2, 0.25) is 0 Å². The van der Waals surface area contributed by atoms with Crippen LogP contribution in [0.4, 0.5) is 5.69 Å². The summed E-state index contributed by atoms with van der Waals surface area (Å²) in [4.78, 5) is 15.6. The Labute approximate surface area is 98.9 Å². The number of nitrogens with two attached hydrogens (primary N) is 1. The van der Waals surface area contributed by atoms with Crippen LogP contribution >= 0.6 is 0 Å². The zero-order valence-electron chi connectivity index (χ0n) is 9.51. The van der Waals surface area contributed by atoms with Crippen molar-refractivity contribution < 1.29 is 14.6 Å². The molecule has 17 heavy (non-hydrogen) atoms. The van der Waals surface area contributed by atoms with E-state index in [0.717, 1.165) is 12.8 Å². The maximum absolute atomic E-state index is 11.4. The zero-order valence-corrected chi connectivity index (χ0v) is 9.51. The summed E-state index contributed by atoms with van der Waals surface area (Å²) in [6, 6.07) is 3.21. The number of nitrogens with zero attached hydrogens (tertiary/aromatic N) is 1. The number of ether oxygens (including phenoxy) is 1. The maximum atomic E-state index is 11.4. The zero-order chi connectivity index (χ0) is 12.4. The molecule has 0 aromatic heterocycles. The van der Waals surface area contributed by atoms with E-state index in [2.05, 4.69) is 9.73 Å². The third-order valence-electron chi connectivity index (χ3n) is 2.58. The summed E-state index contributed by atoms with van der Waals surface area (Å²) < 4.78 is 4.59. The largest absolute Gasteiger partial charge is 0.506 e. The lowest BCUT2D eigenvalue weighted by Gasteiger charge is -2.06. The summed E-state index contributed by atoms with van der Waals surface area (Å²) in [7, 11) is 1.29. The molecule has 1 aliphatic carbocycles. The molecule has 90 valence electrons. The number of carbonyl (C=O) groups excluding carboxylic acids is 1. The van der Waals surface area contributed by atoms with E-state index >= 15 is 0 Å². The molecule has 2 rings (SSSR count). The number of methoxy groups -OCH3 is 1. The number of phenolic OH excluding ortho intramolecular Hbond substituents is 1. The molecule has 0 saturated heterocycles. The van der Waals surface area contributed by atoms with E-state index in [4.69, 9.17) is 5.73 Å². The number of hydrogen-bond donors (Lipinski definition) is 2. The highest BCUT2D eigenvalue weighted by atomic mass is 16.5. The van der Waals surface area contributed by atoms with Gasteiger partial charge in [0.15, 0.2) is 0 Å². The van der Waals surface area contributed by atoms with Crippen molar-refractivity contribution in [1.82, 2.24) is 0 Å². The van der Waals surface area contributed by atoms with Crippen LogP contribution in [0.1, 0.15) is 28.8 Å². The Morgan fingerprint density at radius 2 is 2.29 bits per heavy atom. The average molecular weight is 234 g/mol. The second-order valence-electron chi connectivity index (χ2n) is 4.00. The normalized spacial score (nSPS) is 15.1. The molecule has 1 aliphatic rings. The predicted octanol–water partition coefficient (Wildman–Crippen LogP) is 1.34. The molecule has 0 unspecified atom stereocenters. The van der Waals surface area contributed by atoms with E-state index in [1.807, 2.05) is 0 Å². The first kappa shape index (κ1) is 11.4. The maximum Gasteiger partial charge on any atom is 0.338 e. The summed E-state index contributed by atoms with van der Waals surface area (Å²) in [5, 5.41) is 9.61. The van der Waals surface area contributed by atoms with Gasteiger partial charge in [-0.3, -0.25) is 4.99 Å². The molecule has 0 atom stereocenters. The van der Waals surface area contributed by atoms with Gasteiger partial charge < -0.3 is 15.6 Å². The molecule has 0 heterocycles. The van der Waals surface area contributed by atoms with Gasteiger partial charge in [-0.2, -0.15) is 0 Å². The van der Waals surface area contributed by atoms with E-state index in [9.17, 15) is 9.90 Å². The second kappa shape index (κ2) is 4.45. The highest BCUT2D eigenvalue weighted by molar-refractivity contribution is 5.96. The number of esters is 1. The van der Waals surface area contributed by atoms with Crippen molar-refractivity contribution in [2.45, 2.75) is 18.9 Å². The average Bonchev–Trinajstić information content (AvgIpc) is 3.13. The molecule has 5 nitrogen and oxygen atoms in total. The SMILES string of the molecule is COC(=O)c1cc(O)c(N)c(C=NC2CC2)c1. The lowest BCUT2D eigenvalue weighted by atomic mass is 10.1. The lowest BCUT2D eigenvalue weighted by Crippen LogP contribution is -2.04. The summed E-state index contributed by atoms with van der Waals surface area (Å²) in [6.45, 7) is 0. The van der Waals surface area contributed by atoms with Gasteiger partial charge in [-0.1, -0.05) is 0 Å². The first-order valence-corrected chi connectivity index (χ1v) is 5.36. The molecule has 1 fully saturated rings. The van der Waals surface area contributed by atoms with Gasteiger partial charge >= 0.3 is 5.97 Å². The van der Waals surface area contributed by atoms with E-state index in [0.29, 0.717) is 11.6 Å². The summed E-state index contributed by atoms with van der Waals surface area (Å²) >= 11 is 0. The Morgan fingerprint density at radius 3 is 2.88 bits per heavy atom. The minimum absolute atomic E-state index is 0.134. The number of benzene rings is 1. The number of hydrogen-bond acceptors (Lipinski definition) is 5.